The number of pyridine rings is 1. The van der Waals surface area contributed by atoms with Crippen LogP contribution in [0.3, 0.4) is 0 Å². The van der Waals surface area contributed by atoms with E-state index in [1.807, 2.05) is 135 Å². The summed E-state index contributed by atoms with van der Waals surface area (Å²) in [4.78, 5) is 10.2. The Labute approximate surface area is 422 Å². The van der Waals surface area contributed by atoms with Crippen molar-refractivity contribution < 1.29 is 42.6 Å². The first kappa shape index (κ1) is 33.2. The minimum atomic E-state index is -3.49. The van der Waals surface area contributed by atoms with Crippen LogP contribution >= 0.6 is 0 Å². The van der Waals surface area contributed by atoms with Gasteiger partial charge in [-0.3, -0.25) is 9.55 Å². The molecule has 0 radical (unpaired) electrons. The third kappa shape index (κ3) is 8.97. The topological polar surface area (TPSA) is 50.9 Å². The minimum Gasteiger partial charge on any atom is -0.507 e. The Morgan fingerprint density at radius 2 is 1.21 bits per heavy atom. The Morgan fingerprint density at radius 1 is 0.545 bits per heavy atom. The summed E-state index contributed by atoms with van der Waals surface area (Å²) in [6.45, 7) is -0.670. The molecule has 0 saturated heterocycles. The SMILES string of the molecule is [2H]C([2H])([2H])c1cc(-c2ccccc2)ccc1-n1c(-c2cc(C(C)(C)C)cc(C(C)(C)C)c2O)nc2c(-c3[c-]c(-c4cc(-c5ccccc5C(C([2H])([2H])[2H])(C([2H])([2H])[2H])C([2H])([2H])[2H])ccn4)cc(-c4ccccc4)c3)cccc21.[Pt]. The maximum absolute atomic E-state index is 12.5. The average molecular weight is 1060 g/mol. The minimum absolute atomic E-state index is 0. The van der Waals surface area contributed by atoms with Gasteiger partial charge in [-0.05, 0) is 97.9 Å². The molecule has 0 unspecified atom stereocenters. The molecule has 0 amide bonds. The largest absolute Gasteiger partial charge is 0.507 e. The first-order chi connectivity index (χ1) is 35.9. The Balaban J connectivity index is 0.00000803. The van der Waals surface area contributed by atoms with Gasteiger partial charge >= 0.3 is 0 Å². The summed E-state index contributed by atoms with van der Waals surface area (Å²) in [5.41, 5.74) is 4.61. The molecule has 0 spiro atoms. The Hall–Kier alpha value is -6.35. The van der Waals surface area contributed by atoms with Gasteiger partial charge < -0.3 is 5.11 Å². The van der Waals surface area contributed by atoms with E-state index < -0.39 is 38.2 Å². The van der Waals surface area contributed by atoms with Gasteiger partial charge in [0, 0.05) is 55.0 Å². The van der Waals surface area contributed by atoms with E-state index in [1.54, 1.807) is 30.3 Å². The summed E-state index contributed by atoms with van der Waals surface area (Å²) in [7, 11) is 0. The molecule has 1 N–H and O–H groups in total. The Morgan fingerprint density at radius 3 is 1.89 bits per heavy atom. The number of phenols is 1. The number of nitrogens with zero attached hydrogens (tertiary/aromatic N) is 3. The summed E-state index contributed by atoms with van der Waals surface area (Å²) < 4.78 is 105. The summed E-state index contributed by atoms with van der Waals surface area (Å²) in [6.07, 6.45) is 1.50. The molecule has 0 atom stereocenters. The number of aryl methyl sites for hydroxylation is 1. The van der Waals surface area contributed by atoms with Gasteiger partial charge in [0.05, 0.1) is 22.3 Å². The smallest absolute Gasteiger partial charge is 0.148 e. The van der Waals surface area contributed by atoms with Crippen LogP contribution in [0.5, 0.6) is 5.75 Å². The third-order valence-electron chi connectivity index (χ3n) is 12.0. The second kappa shape index (κ2) is 17.8. The number of para-hydroxylation sites is 1. The summed E-state index contributed by atoms with van der Waals surface area (Å²) in [5.74, 6) is 0.329. The zero-order valence-corrected chi connectivity index (χ0v) is 40.0. The monoisotopic (exact) mass is 1060 g/mol. The molecule has 0 aliphatic carbocycles. The van der Waals surface area contributed by atoms with Gasteiger partial charge in [-0.15, -0.1) is 23.8 Å². The molecule has 66 heavy (non-hydrogen) atoms. The van der Waals surface area contributed by atoms with Crippen LogP contribution in [0.2, 0.25) is 0 Å². The quantitative estimate of drug-likeness (QED) is 0.162. The average Bonchev–Trinajstić information content (AvgIpc) is 3.54. The van der Waals surface area contributed by atoms with Gasteiger partial charge in [0.25, 0.3) is 0 Å². The molecule has 0 aliphatic heterocycles. The van der Waals surface area contributed by atoms with Crippen LogP contribution in [-0.4, -0.2) is 19.6 Å². The molecule has 5 heteroatoms. The second-order valence-corrected chi connectivity index (χ2v) is 18.7. The van der Waals surface area contributed by atoms with E-state index in [9.17, 15) is 5.11 Å². The number of rotatable bonds is 7. The molecule has 9 rings (SSSR count). The maximum Gasteiger partial charge on any atom is 0.148 e. The molecule has 4 nitrogen and oxygen atoms in total. The van der Waals surface area contributed by atoms with E-state index in [2.05, 4.69) is 26.8 Å². The second-order valence-electron chi connectivity index (χ2n) is 18.7. The fraction of sp³-hybridized carbons (Fsp3) is 0.213. The number of phenolic OH excluding ortho intramolecular Hbond substituents is 1. The van der Waals surface area contributed by atoms with Crippen molar-refractivity contribution in [3.8, 4) is 78.6 Å². The van der Waals surface area contributed by atoms with Crippen molar-refractivity contribution >= 4 is 11.0 Å². The van der Waals surface area contributed by atoms with Crippen LogP contribution in [0.25, 0.3) is 83.9 Å². The van der Waals surface area contributed by atoms with Crippen LogP contribution in [-0.2, 0) is 37.3 Å². The Kier molecular flexibility index (Phi) is 8.94. The molecule has 0 fully saturated rings. The van der Waals surface area contributed by atoms with Crippen LogP contribution in [0.4, 0.5) is 0 Å². The van der Waals surface area contributed by atoms with Crippen molar-refractivity contribution in [2.45, 2.75) is 85.2 Å². The summed E-state index contributed by atoms with van der Waals surface area (Å²) >= 11 is 0. The number of benzene rings is 7. The van der Waals surface area contributed by atoms with Crippen molar-refractivity contribution in [2.75, 3.05) is 0 Å². The van der Waals surface area contributed by atoms with Gasteiger partial charge in [-0.2, -0.15) is 0 Å². The summed E-state index contributed by atoms with van der Waals surface area (Å²) in [5, 5.41) is 12.5. The molecule has 2 heterocycles. The predicted octanol–water partition coefficient (Wildman–Crippen LogP) is 16.1. The zero-order valence-electron chi connectivity index (χ0n) is 49.7. The van der Waals surface area contributed by atoms with E-state index in [4.69, 9.17) is 26.4 Å². The van der Waals surface area contributed by atoms with Gasteiger partial charge in [0.1, 0.15) is 11.6 Å². The Bertz CT molecular complexity index is 3640. The van der Waals surface area contributed by atoms with Gasteiger partial charge in [0.2, 0.25) is 0 Å². The van der Waals surface area contributed by atoms with Crippen molar-refractivity contribution in [2.24, 2.45) is 0 Å². The van der Waals surface area contributed by atoms with E-state index >= 15 is 0 Å². The van der Waals surface area contributed by atoms with E-state index in [0.717, 1.165) is 22.3 Å². The first-order valence-corrected chi connectivity index (χ1v) is 21.7. The molecule has 7 aromatic carbocycles. The number of imidazole rings is 1. The molecule has 334 valence electrons. The fourth-order valence-electron chi connectivity index (χ4n) is 8.55. The van der Waals surface area contributed by atoms with Crippen LogP contribution < -0.4 is 0 Å². The molecule has 0 bridgehead atoms. The molecule has 0 aliphatic rings. The van der Waals surface area contributed by atoms with Gasteiger partial charge in [-0.1, -0.05) is 194 Å². The molecule has 2 aromatic heterocycles. The fourth-order valence-corrected chi connectivity index (χ4v) is 8.55. The van der Waals surface area contributed by atoms with Crippen molar-refractivity contribution in [3.05, 3.63) is 192 Å². The molecular formula is C61H58N3OPt-. The third-order valence-corrected chi connectivity index (χ3v) is 12.0. The molecule has 0 saturated carbocycles. The number of hydrogen-bond donors (Lipinski definition) is 1. The van der Waals surface area contributed by atoms with Gasteiger partial charge in [-0.25, -0.2) is 4.98 Å². The number of aromatic hydroxyl groups is 1. The molecule has 9 aromatic rings. The van der Waals surface area contributed by atoms with Crippen molar-refractivity contribution in [1.82, 2.24) is 14.5 Å². The summed E-state index contributed by atoms with van der Waals surface area (Å²) in [6, 6.07) is 50.7. The van der Waals surface area contributed by atoms with Crippen LogP contribution in [0.1, 0.15) is 101 Å². The predicted molar refractivity (Wildman–Crippen MR) is 273 cm³/mol. The molecular weight excluding hydrogens is 986 g/mol. The number of aromatic nitrogens is 3. The zero-order chi connectivity index (χ0) is 55.8. The van der Waals surface area contributed by atoms with Crippen molar-refractivity contribution in [3.63, 3.8) is 0 Å². The van der Waals surface area contributed by atoms with Crippen LogP contribution in [0, 0.1) is 12.9 Å². The number of hydrogen-bond acceptors (Lipinski definition) is 3. The van der Waals surface area contributed by atoms with Gasteiger partial charge in [0.15, 0.2) is 0 Å². The van der Waals surface area contributed by atoms with E-state index in [0.29, 0.717) is 67.2 Å². The van der Waals surface area contributed by atoms with E-state index in [1.165, 1.54) is 24.4 Å². The van der Waals surface area contributed by atoms with Crippen molar-refractivity contribution in [1.29, 1.82) is 0 Å². The first-order valence-electron chi connectivity index (χ1n) is 27.7. The van der Waals surface area contributed by atoms with E-state index in [-0.39, 0.29) is 48.9 Å². The van der Waals surface area contributed by atoms with Crippen LogP contribution in [0.15, 0.2) is 164 Å². The normalized spacial score (nSPS) is 15.5. The number of fused-ring (bicyclic) bond motifs is 1. The standard InChI is InChI=1S/C61H58N3O.Pt/c1-39-32-42(40-20-13-11-14-21-40)28-29-54(39)64-55-27-19-25-49(56(55)63-58(64)50-37-47(59(2,3)4)38-52(57(50)65)61(8,9)10)45-33-44(41-22-15-12-16-23-41)34-46(35-45)53-36-43(30-31-62-53)48-24-17-18-26-51(48)60(5,6)7;/h11-34,36-38,65H,1-10H3;/q-1;/i1D3,5D3,6D3,7D3;. The maximum atomic E-state index is 12.5.